The van der Waals surface area contributed by atoms with Crippen molar-refractivity contribution in [3.05, 3.63) is 27.7 Å². The van der Waals surface area contributed by atoms with Gasteiger partial charge in [0.2, 0.25) is 11.8 Å². The normalized spacial score (nSPS) is 15.0. The zero-order valence-corrected chi connectivity index (χ0v) is 12.4. The van der Waals surface area contributed by atoms with Crippen LogP contribution in [-0.2, 0) is 9.59 Å². The van der Waals surface area contributed by atoms with E-state index in [2.05, 4.69) is 21.2 Å². The van der Waals surface area contributed by atoms with E-state index >= 15 is 0 Å². The van der Waals surface area contributed by atoms with Crippen molar-refractivity contribution in [1.29, 1.82) is 0 Å². The van der Waals surface area contributed by atoms with Crippen LogP contribution in [0.5, 0.6) is 0 Å². The van der Waals surface area contributed by atoms with Gasteiger partial charge in [-0.25, -0.2) is 0 Å². The maximum Gasteiger partial charge on any atom is 0.244 e. The Morgan fingerprint density at radius 1 is 1.56 bits per heavy atom. The van der Waals surface area contributed by atoms with Crippen molar-refractivity contribution in [2.24, 2.45) is 0 Å². The molecule has 1 fully saturated rings. The molecule has 0 atom stereocenters. The molecule has 1 N–H and O–H groups in total. The molecule has 0 bridgehead atoms. The van der Waals surface area contributed by atoms with Crippen LogP contribution in [-0.4, -0.2) is 34.9 Å². The molecule has 1 aliphatic heterocycles. The van der Waals surface area contributed by atoms with Gasteiger partial charge in [-0.1, -0.05) is 11.6 Å². The number of rotatable bonds is 3. The van der Waals surface area contributed by atoms with Gasteiger partial charge >= 0.3 is 0 Å². The molecule has 7 heteroatoms. The monoisotopic (exact) mass is 348 g/mol. The summed E-state index contributed by atoms with van der Waals surface area (Å²) in [5, 5.41) is 3.24. The second-order valence-electron chi connectivity index (χ2n) is 3.75. The number of hydrogen-bond acceptors (Lipinski definition) is 3. The van der Waals surface area contributed by atoms with Gasteiger partial charge in [-0.15, -0.1) is 11.8 Å². The average molecular weight is 350 g/mol. The summed E-state index contributed by atoms with van der Waals surface area (Å²) >= 11 is 10.7. The number of nitrogens with one attached hydrogen (secondary N) is 1. The van der Waals surface area contributed by atoms with Gasteiger partial charge in [0, 0.05) is 10.2 Å². The van der Waals surface area contributed by atoms with Crippen molar-refractivity contribution < 1.29 is 9.59 Å². The maximum absolute atomic E-state index is 11.7. The maximum atomic E-state index is 11.7. The standard InChI is InChI=1S/C11H10BrClN2O2S/c12-8-2-1-7(3-9(8)13)14-10(16)4-15-6-18-5-11(15)17/h1-3H,4-6H2,(H,14,16). The van der Waals surface area contributed by atoms with Gasteiger partial charge in [0.15, 0.2) is 0 Å². The molecule has 0 aliphatic carbocycles. The SMILES string of the molecule is O=C(CN1CSCC1=O)Nc1ccc(Br)c(Cl)c1. The lowest BCUT2D eigenvalue weighted by Crippen LogP contribution is -2.34. The van der Waals surface area contributed by atoms with Crippen LogP contribution < -0.4 is 5.32 Å². The Hall–Kier alpha value is -0.720. The van der Waals surface area contributed by atoms with Crippen molar-refractivity contribution in [3.8, 4) is 0 Å². The topological polar surface area (TPSA) is 49.4 Å². The number of amides is 2. The smallest absolute Gasteiger partial charge is 0.244 e. The van der Waals surface area contributed by atoms with Crippen molar-refractivity contribution >= 4 is 56.8 Å². The summed E-state index contributed by atoms with van der Waals surface area (Å²) in [6.07, 6.45) is 0. The van der Waals surface area contributed by atoms with E-state index in [9.17, 15) is 9.59 Å². The molecule has 2 rings (SSSR count). The summed E-state index contributed by atoms with van der Waals surface area (Å²) in [6.45, 7) is 0.0829. The number of halogens is 2. The Bertz CT molecular complexity index is 498. The largest absolute Gasteiger partial charge is 0.324 e. The summed E-state index contributed by atoms with van der Waals surface area (Å²) < 4.78 is 0.772. The predicted octanol–water partition coefficient (Wildman–Crippen LogP) is 2.57. The number of thioether (sulfide) groups is 1. The lowest BCUT2D eigenvalue weighted by molar-refractivity contribution is -0.130. The molecule has 0 saturated carbocycles. The summed E-state index contributed by atoms with van der Waals surface area (Å²) in [5.74, 6) is 0.818. The Kier molecular flexibility index (Phi) is 4.53. The minimum Gasteiger partial charge on any atom is -0.324 e. The molecular formula is C11H10BrClN2O2S. The van der Waals surface area contributed by atoms with E-state index in [1.165, 1.54) is 16.7 Å². The third-order valence-corrected chi connectivity index (χ3v) is 4.54. The number of carbonyl (C=O) groups excluding carboxylic acids is 2. The van der Waals surface area contributed by atoms with Crippen LogP contribution in [0.15, 0.2) is 22.7 Å². The van der Waals surface area contributed by atoms with Crippen LogP contribution in [0.1, 0.15) is 0 Å². The quantitative estimate of drug-likeness (QED) is 0.912. The molecule has 2 amide bonds. The Morgan fingerprint density at radius 3 is 2.94 bits per heavy atom. The van der Waals surface area contributed by atoms with Gasteiger partial charge in [-0.05, 0) is 34.1 Å². The number of carbonyl (C=O) groups is 2. The number of anilines is 1. The molecule has 1 aromatic carbocycles. The molecule has 1 heterocycles. The fraction of sp³-hybridized carbons (Fsp3) is 0.273. The minimum absolute atomic E-state index is 0.00369. The molecule has 4 nitrogen and oxygen atoms in total. The highest BCUT2D eigenvalue weighted by Crippen LogP contribution is 2.25. The highest BCUT2D eigenvalue weighted by Gasteiger charge is 2.22. The van der Waals surface area contributed by atoms with Gasteiger partial charge < -0.3 is 10.2 Å². The lowest BCUT2D eigenvalue weighted by Gasteiger charge is -2.14. The first kappa shape index (κ1) is 13.7. The van der Waals surface area contributed by atoms with Crippen LogP contribution in [0.2, 0.25) is 5.02 Å². The van der Waals surface area contributed by atoms with Crippen molar-refractivity contribution in [3.63, 3.8) is 0 Å². The van der Waals surface area contributed by atoms with Crippen LogP contribution in [0.25, 0.3) is 0 Å². The molecule has 1 saturated heterocycles. The van der Waals surface area contributed by atoms with Crippen LogP contribution in [0.3, 0.4) is 0 Å². The fourth-order valence-electron chi connectivity index (χ4n) is 1.49. The van der Waals surface area contributed by atoms with Crippen molar-refractivity contribution in [1.82, 2.24) is 4.90 Å². The first-order valence-corrected chi connectivity index (χ1v) is 7.49. The Balaban J connectivity index is 1.94. The van der Waals surface area contributed by atoms with Gasteiger partial charge in [0.25, 0.3) is 0 Å². The van der Waals surface area contributed by atoms with E-state index in [1.54, 1.807) is 18.2 Å². The molecule has 1 aliphatic rings. The van der Waals surface area contributed by atoms with E-state index in [4.69, 9.17) is 11.6 Å². The first-order valence-electron chi connectivity index (χ1n) is 5.16. The molecule has 96 valence electrons. The van der Waals surface area contributed by atoms with E-state index in [1.807, 2.05) is 0 Å². The molecule has 0 spiro atoms. The highest BCUT2D eigenvalue weighted by atomic mass is 79.9. The Morgan fingerprint density at radius 2 is 2.33 bits per heavy atom. The molecule has 0 radical (unpaired) electrons. The predicted molar refractivity (Wildman–Crippen MR) is 76.8 cm³/mol. The van der Waals surface area contributed by atoms with Crippen LogP contribution >= 0.6 is 39.3 Å². The molecule has 0 aromatic heterocycles. The highest BCUT2D eigenvalue weighted by molar-refractivity contribution is 9.10. The van der Waals surface area contributed by atoms with Gasteiger partial charge in [0.05, 0.1) is 16.7 Å². The van der Waals surface area contributed by atoms with E-state index in [-0.39, 0.29) is 18.4 Å². The fourth-order valence-corrected chi connectivity index (χ4v) is 2.82. The van der Waals surface area contributed by atoms with E-state index < -0.39 is 0 Å². The minimum atomic E-state index is -0.218. The summed E-state index contributed by atoms with van der Waals surface area (Å²) in [5.41, 5.74) is 0.618. The summed E-state index contributed by atoms with van der Waals surface area (Å²) in [7, 11) is 0. The number of benzene rings is 1. The summed E-state index contributed by atoms with van der Waals surface area (Å²) in [4.78, 5) is 24.6. The Labute approximate surface area is 122 Å². The van der Waals surface area contributed by atoms with E-state index in [0.29, 0.717) is 22.3 Å². The van der Waals surface area contributed by atoms with Crippen molar-refractivity contribution in [2.75, 3.05) is 23.5 Å². The second-order valence-corrected chi connectivity index (χ2v) is 5.96. The van der Waals surface area contributed by atoms with Gasteiger partial charge in [-0.3, -0.25) is 9.59 Å². The number of nitrogens with zero attached hydrogens (tertiary/aromatic N) is 1. The van der Waals surface area contributed by atoms with Crippen molar-refractivity contribution in [2.45, 2.75) is 0 Å². The molecule has 18 heavy (non-hydrogen) atoms. The van der Waals surface area contributed by atoms with Gasteiger partial charge in [-0.2, -0.15) is 0 Å². The zero-order valence-electron chi connectivity index (χ0n) is 9.28. The third-order valence-electron chi connectivity index (χ3n) is 2.36. The average Bonchev–Trinajstić information content (AvgIpc) is 2.70. The molecule has 0 unspecified atom stereocenters. The van der Waals surface area contributed by atoms with Gasteiger partial charge in [0.1, 0.15) is 6.54 Å². The van der Waals surface area contributed by atoms with Crippen LogP contribution in [0.4, 0.5) is 5.69 Å². The summed E-state index contributed by atoms with van der Waals surface area (Å²) in [6, 6.07) is 5.16. The molecular weight excluding hydrogens is 340 g/mol. The second kappa shape index (κ2) is 5.95. The van der Waals surface area contributed by atoms with Crippen LogP contribution in [0, 0.1) is 0 Å². The lowest BCUT2D eigenvalue weighted by atomic mass is 10.3. The molecule has 1 aromatic rings. The van der Waals surface area contributed by atoms with E-state index in [0.717, 1.165) is 4.47 Å². The first-order chi connectivity index (χ1) is 8.56. The third kappa shape index (κ3) is 3.40. The zero-order chi connectivity index (χ0) is 13.1. The number of hydrogen-bond donors (Lipinski definition) is 1.